The lowest BCUT2D eigenvalue weighted by molar-refractivity contribution is -0.141. The third kappa shape index (κ3) is 3.40. The van der Waals surface area contributed by atoms with E-state index in [4.69, 9.17) is 5.11 Å². The number of hydrogen-bond donors (Lipinski definition) is 2. The van der Waals surface area contributed by atoms with Crippen LogP contribution >= 0.6 is 0 Å². The predicted molar refractivity (Wildman–Crippen MR) is 60.1 cm³/mol. The molecule has 0 aromatic rings. The van der Waals surface area contributed by atoms with E-state index in [9.17, 15) is 9.59 Å². The van der Waals surface area contributed by atoms with Crippen LogP contribution < -0.4 is 5.32 Å². The molecular weight excluding hydrogens is 208 g/mol. The van der Waals surface area contributed by atoms with Crippen molar-refractivity contribution in [2.45, 2.75) is 32.7 Å². The first-order valence-electron chi connectivity index (χ1n) is 5.67. The van der Waals surface area contributed by atoms with Crippen LogP contribution in [0.3, 0.4) is 0 Å². The maximum atomic E-state index is 11.6. The van der Waals surface area contributed by atoms with Crippen LogP contribution in [0.15, 0.2) is 0 Å². The summed E-state index contributed by atoms with van der Waals surface area (Å²) in [6.07, 6.45) is 2.50. The van der Waals surface area contributed by atoms with E-state index < -0.39 is 12.0 Å². The molecule has 1 saturated carbocycles. The van der Waals surface area contributed by atoms with E-state index in [1.54, 1.807) is 0 Å². The number of carbonyl (C=O) groups is 2. The van der Waals surface area contributed by atoms with E-state index in [0.29, 0.717) is 12.5 Å². The van der Waals surface area contributed by atoms with Crippen molar-refractivity contribution < 1.29 is 14.7 Å². The van der Waals surface area contributed by atoms with Crippen molar-refractivity contribution in [1.29, 1.82) is 0 Å². The molecule has 2 atom stereocenters. The first-order chi connectivity index (χ1) is 7.43. The predicted octanol–water partition coefficient (Wildman–Crippen LogP) is 1.15. The fourth-order valence-electron chi connectivity index (χ4n) is 1.55. The summed E-state index contributed by atoms with van der Waals surface area (Å²) in [4.78, 5) is 23.5. The summed E-state index contributed by atoms with van der Waals surface area (Å²) in [5.41, 5.74) is 0. The van der Waals surface area contributed by atoms with Crippen LogP contribution in [0, 0.1) is 11.8 Å². The van der Waals surface area contributed by atoms with E-state index >= 15 is 0 Å². The first-order valence-corrected chi connectivity index (χ1v) is 5.67. The molecule has 5 nitrogen and oxygen atoms in total. The quantitative estimate of drug-likeness (QED) is 0.741. The highest BCUT2D eigenvalue weighted by Gasteiger charge is 2.28. The Labute approximate surface area is 95.8 Å². The fraction of sp³-hybridized carbons (Fsp3) is 0.818. The molecule has 1 aliphatic rings. The van der Waals surface area contributed by atoms with E-state index in [-0.39, 0.29) is 6.03 Å². The van der Waals surface area contributed by atoms with Gasteiger partial charge in [-0.15, -0.1) is 0 Å². The standard InChI is InChI=1S/C11H20N2O3/c1-7(9-4-5-9)6-12-11(16)13(3)8(2)10(14)15/h7-9H,4-6H2,1-3H3,(H,12,16)(H,14,15). The SMILES string of the molecule is CC(CNC(=O)N(C)C(C)C(=O)O)C1CC1. The number of aliphatic carboxylic acids is 1. The number of carboxylic acids is 1. The van der Waals surface area contributed by atoms with Gasteiger partial charge in [0.1, 0.15) is 6.04 Å². The zero-order valence-corrected chi connectivity index (χ0v) is 10.1. The van der Waals surface area contributed by atoms with Crippen molar-refractivity contribution in [3.8, 4) is 0 Å². The Morgan fingerprint density at radius 3 is 2.44 bits per heavy atom. The van der Waals surface area contributed by atoms with Gasteiger partial charge >= 0.3 is 12.0 Å². The second-order valence-corrected chi connectivity index (χ2v) is 4.63. The van der Waals surface area contributed by atoms with Crippen molar-refractivity contribution in [3.05, 3.63) is 0 Å². The number of rotatable bonds is 5. The van der Waals surface area contributed by atoms with Gasteiger partial charge in [0.25, 0.3) is 0 Å². The van der Waals surface area contributed by atoms with Gasteiger partial charge in [-0.3, -0.25) is 0 Å². The van der Waals surface area contributed by atoms with Gasteiger partial charge in [0, 0.05) is 13.6 Å². The zero-order valence-electron chi connectivity index (χ0n) is 10.1. The van der Waals surface area contributed by atoms with Gasteiger partial charge in [0.05, 0.1) is 0 Å². The average molecular weight is 228 g/mol. The van der Waals surface area contributed by atoms with Crippen LogP contribution in [-0.2, 0) is 4.79 Å². The van der Waals surface area contributed by atoms with Gasteiger partial charge < -0.3 is 15.3 Å². The molecule has 5 heteroatoms. The van der Waals surface area contributed by atoms with E-state index in [1.807, 2.05) is 0 Å². The molecule has 0 spiro atoms. The molecule has 0 radical (unpaired) electrons. The van der Waals surface area contributed by atoms with Gasteiger partial charge in [0.2, 0.25) is 0 Å². The van der Waals surface area contributed by atoms with Crippen LogP contribution in [0.2, 0.25) is 0 Å². The molecule has 0 heterocycles. The third-order valence-corrected chi connectivity index (χ3v) is 3.26. The molecule has 0 aromatic heterocycles. The van der Waals surface area contributed by atoms with Gasteiger partial charge in [0.15, 0.2) is 0 Å². The number of carboxylic acid groups (broad SMARTS) is 1. The lowest BCUT2D eigenvalue weighted by Crippen LogP contribution is -2.46. The van der Waals surface area contributed by atoms with Crippen LogP contribution in [0.4, 0.5) is 4.79 Å². The molecule has 92 valence electrons. The molecule has 2 N–H and O–H groups in total. The fourth-order valence-corrected chi connectivity index (χ4v) is 1.55. The summed E-state index contributed by atoms with van der Waals surface area (Å²) >= 11 is 0. The Morgan fingerprint density at radius 2 is 2.00 bits per heavy atom. The maximum absolute atomic E-state index is 11.6. The minimum absolute atomic E-state index is 0.317. The summed E-state index contributed by atoms with van der Waals surface area (Å²) in [7, 11) is 1.50. The average Bonchev–Trinajstić information content (AvgIpc) is 3.06. The lowest BCUT2D eigenvalue weighted by atomic mass is 10.1. The molecule has 16 heavy (non-hydrogen) atoms. The number of likely N-dealkylation sites (N-methyl/N-ethyl adjacent to an activating group) is 1. The van der Waals surface area contributed by atoms with Crippen LogP contribution in [-0.4, -0.2) is 41.6 Å². The van der Waals surface area contributed by atoms with Crippen molar-refractivity contribution in [2.24, 2.45) is 11.8 Å². The van der Waals surface area contributed by atoms with Crippen LogP contribution in [0.25, 0.3) is 0 Å². The Hall–Kier alpha value is -1.26. The number of nitrogens with zero attached hydrogens (tertiary/aromatic N) is 1. The summed E-state index contributed by atoms with van der Waals surface area (Å²) in [5, 5.41) is 11.5. The minimum Gasteiger partial charge on any atom is -0.480 e. The Kier molecular flexibility index (Phi) is 4.15. The number of nitrogens with one attached hydrogen (secondary N) is 1. The van der Waals surface area contributed by atoms with Gasteiger partial charge in [-0.2, -0.15) is 0 Å². The summed E-state index contributed by atoms with van der Waals surface area (Å²) < 4.78 is 0. The smallest absolute Gasteiger partial charge is 0.326 e. The van der Waals surface area contributed by atoms with E-state index in [0.717, 1.165) is 5.92 Å². The minimum atomic E-state index is -0.993. The molecule has 0 bridgehead atoms. The number of carbonyl (C=O) groups excluding carboxylic acids is 1. The molecule has 0 saturated heterocycles. The highest BCUT2D eigenvalue weighted by Crippen LogP contribution is 2.36. The summed E-state index contributed by atoms with van der Waals surface area (Å²) in [5.74, 6) is 0.230. The first kappa shape index (κ1) is 12.8. The summed E-state index contributed by atoms with van der Waals surface area (Å²) in [6, 6.07) is -1.11. The van der Waals surface area contributed by atoms with Gasteiger partial charge in [-0.1, -0.05) is 6.92 Å². The maximum Gasteiger partial charge on any atom is 0.326 e. The second kappa shape index (κ2) is 5.18. The zero-order chi connectivity index (χ0) is 12.3. The largest absolute Gasteiger partial charge is 0.480 e. The molecule has 2 amide bonds. The van der Waals surface area contributed by atoms with Crippen molar-refractivity contribution >= 4 is 12.0 Å². The van der Waals surface area contributed by atoms with E-state index in [1.165, 1.54) is 31.7 Å². The van der Waals surface area contributed by atoms with Crippen molar-refractivity contribution in [1.82, 2.24) is 10.2 Å². The van der Waals surface area contributed by atoms with Crippen LogP contribution in [0.1, 0.15) is 26.7 Å². The number of hydrogen-bond acceptors (Lipinski definition) is 2. The Bertz CT molecular complexity index is 276. The van der Waals surface area contributed by atoms with Crippen molar-refractivity contribution in [2.75, 3.05) is 13.6 Å². The number of urea groups is 1. The molecule has 1 rings (SSSR count). The van der Waals surface area contributed by atoms with Crippen LogP contribution in [0.5, 0.6) is 0 Å². The topological polar surface area (TPSA) is 69.6 Å². The molecule has 1 aliphatic carbocycles. The number of amides is 2. The summed E-state index contributed by atoms with van der Waals surface area (Å²) in [6.45, 7) is 4.23. The Morgan fingerprint density at radius 1 is 1.44 bits per heavy atom. The second-order valence-electron chi connectivity index (χ2n) is 4.63. The molecule has 0 aromatic carbocycles. The van der Waals surface area contributed by atoms with Gasteiger partial charge in [-0.05, 0) is 31.6 Å². The van der Waals surface area contributed by atoms with E-state index in [2.05, 4.69) is 12.2 Å². The van der Waals surface area contributed by atoms with Crippen molar-refractivity contribution in [3.63, 3.8) is 0 Å². The highest BCUT2D eigenvalue weighted by atomic mass is 16.4. The monoisotopic (exact) mass is 228 g/mol. The van der Waals surface area contributed by atoms with Gasteiger partial charge in [-0.25, -0.2) is 9.59 Å². The molecule has 2 unspecified atom stereocenters. The highest BCUT2D eigenvalue weighted by molar-refractivity contribution is 5.82. The molecule has 0 aliphatic heterocycles. The Balaban J connectivity index is 2.30. The molecule has 1 fully saturated rings. The lowest BCUT2D eigenvalue weighted by Gasteiger charge is -2.23. The normalized spacial score (nSPS) is 18.7. The molecular formula is C11H20N2O3. The third-order valence-electron chi connectivity index (χ3n) is 3.26.